The molecule has 0 atom stereocenters. The van der Waals surface area contributed by atoms with Crippen LogP contribution in [0.2, 0.25) is 5.28 Å². The van der Waals surface area contributed by atoms with E-state index in [0.717, 1.165) is 11.3 Å². The van der Waals surface area contributed by atoms with Gasteiger partial charge in [-0.25, -0.2) is 0 Å². The molecule has 0 bridgehead atoms. The summed E-state index contributed by atoms with van der Waals surface area (Å²) < 4.78 is 5.22. The van der Waals surface area contributed by atoms with E-state index in [1.54, 1.807) is 6.20 Å². The van der Waals surface area contributed by atoms with Gasteiger partial charge in [0.05, 0.1) is 6.61 Å². The Balaban J connectivity index is 2.44. The molecule has 0 fully saturated rings. The molecule has 2 aromatic rings. The Labute approximate surface area is 104 Å². The molecular formula is C11H11ClN4O. The molecule has 0 spiro atoms. The van der Waals surface area contributed by atoms with E-state index in [1.165, 1.54) is 0 Å². The van der Waals surface area contributed by atoms with E-state index in [0.29, 0.717) is 12.4 Å². The molecule has 0 saturated heterocycles. The third-order valence-electron chi connectivity index (χ3n) is 2.02. The van der Waals surface area contributed by atoms with Crippen LogP contribution in [0.3, 0.4) is 0 Å². The zero-order chi connectivity index (χ0) is 12.3. The van der Waals surface area contributed by atoms with Gasteiger partial charge in [-0.2, -0.15) is 15.0 Å². The molecule has 6 heteroatoms. The highest BCUT2D eigenvalue weighted by atomic mass is 35.5. The first-order valence-corrected chi connectivity index (χ1v) is 5.54. The van der Waals surface area contributed by atoms with Crippen molar-refractivity contribution in [2.24, 2.45) is 0 Å². The largest absolute Gasteiger partial charge is 0.464 e. The number of hydrogen-bond donors (Lipinski definition) is 0. The Kier molecular flexibility index (Phi) is 3.49. The molecule has 0 radical (unpaired) electrons. The van der Waals surface area contributed by atoms with Crippen LogP contribution in [0.1, 0.15) is 12.6 Å². The van der Waals surface area contributed by atoms with Crippen LogP contribution in [-0.4, -0.2) is 26.5 Å². The summed E-state index contributed by atoms with van der Waals surface area (Å²) in [4.78, 5) is 16.2. The SMILES string of the molecule is CCOc1nc(Cl)nc(-c2ccnc(C)c2)n1. The maximum absolute atomic E-state index is 5.82. The van der Waals surface area contributed by atoms with Crippen molar-refractivity contribution in [3.05, 3.63) is 29.3 Å². The highest BCUT2D eigenvalue weighted by Crippen LogP contribution is 2.18. The highest BCUT2D eigenvalue weighted by Gasteiger charge is 2.08. The summed E-state index contributed by atoms with van der Waals surface area (Å²) in [6, 6.07) is 3.92. The third kappa shape index (κ3) is 2.88. The van der Waals surface area contributed by atoms with Gasteiger partial charge in [0.2, 0.25) is 5.28 Å². The van der Waals surface area contributed by atoms with Gasteiger partial charge >= 0.3 is 6.01 Å². The Morgan fingerprint density at radius 1 is 1.29 bits per heavy atom. The third-order valence-corrected chi connectivity index (χ3v) is 2.18. The van der Waals surface area contributed by atoms with Crippen molar-refractivity contribution in [1.29, 1.82) is 0 Å². The van der Waals surface area contributed by atoms with Crippen LogP contribution in [0, 0.1) is 6.92 Å². The van der Waals surface area contributed by atoms with E-state index in [2.05, 4.69) is 19.9 Å². The normalized spacial score (nSPS) is 10.3. The van der Waals surface area contributed by atoms with Gasteiger partial charge in [-0.3, -0.25) is 4.98 Å². The first kappa shape index (κ1) is 11.7. The minimum atomic E-state index is 0.118. The van der Waals surface area contributed by atoms with Crippen LogP contribution >= 0.6 is 11.6 Å². The number of rotatable bonds is 3. The molecule has 2 aromatic heterocycles. The molecule has 0 aliphatic heterocycles. The summed E-state index contributed by atoms with van der Waals surface area (Å²) >= 11 is 5.82. The van der Waals surface area contributed by atoms with Crippen molar-refractivity contribution in [3.63, 3.8) is 0 Å². The molecule has 17 heavy (non-hydrogen) atoms. The van der Waals surface area contributed by atoms with E-state index >= 15 is 0 Å². The molecule has 0 amide bonds. The van der Waals surface area contributed by atoms with Crippen molar-refractivity contribution in [3.8, 4) is 17.4 Å². The topological polar surface area (TPSA) is 60.8 Å². The van der Waals surface area contributed by atoms with E-state index in [9.17, 15) is 0 Å². The van der Waals surface area contributed by atoms with Gasteiger partial charge in [-0.15, -0.1) is 0 Å². The van der Waals surface area contributed by atoms with Crippen LogP contribution in [0.5, 0.6) is 6.01 Å². The first-order chi connectivity index (χ1) is 8.19. The predicted octanol–water partition coefficient (Wildman–Crippen LogP) is 2.29. The molecule has 0 aromatic carbocycles. The molecule has 0 N–H and O–H groups in total. The number of aromatic nitrogens is 4. The average molecular weight is 251 g/mol. The maximum Gasteiger partial charge on any atom is 0.321 e. The molecule has 5 nitrogen and oxygen atoms in total. The molecule has 0 unspecified atom stereocenters. The monoisotopic (exact) mass is 250 g/mol. The fourth-order valence-corrected chi connectivity index (χ4v) is 1.49. The number of halogens is 1. The number of hydrogen-bond acceptors (Lipinski definition) is 5. The van der Waals surface area contributed by atoms with Crippen LogP contribution in [-0.2, 0) is 0 Å². The minimum absolute atomic E-state index is 0.118. The minimum Gasteiger partial charge on any atom is -0.464 e. The van der Waals surface area contributed by atoms with Gasteiger partial charge in [0.15, 0.2) is 5.82 Å². The molecule has 2 rings (SSSR count). The summed E-state index contributed by atoms with van der Waals surface area (Å²) in [6.45, 7) is 4.23. The van der Waals surface area contributed by atoms with E-state index in [1.807, 2.05) is 26.0 Å². The Hall–Kier alpha value is -1.75. The van der Waals surface area contributed by atoms with Crippen LogP contribution in [0.4, 0.5) is 0 Å². The summed E-state index contributed by atoms with van der Waals surface area (Å²) in [7, 11) is 0. The summed E-state index contributed by atoms with van der Waals surface area (Å²) in [5.74, 6) is 0.485. The van der Waals surface area contributed by atoms with Gasteiger partial charge in [0.25, 0.3) is 0 Å². The smallest absolute Gasteiger partial charge is 0.321 e. The van der Waals surface area contributed by atoms with Crippen molar-refractivity contribution >= 4 is 11.6 Å². The second-order valence-corrected chi connectivity index (χ2v) is 3.67. The first-order valence-electron chi connectivity index (χ1n) is 5.16. The Morgan fingerprint density at radius 2 is 2.12 bits per heavy atom. The second kappa shape index (κ2) is 5.05. The van der Waals surface area contributed by atoms with Gasteiger partial charge in [0, 0.05) is 17.5 Å². The summed E-state index contributed by atoms with van der Waals surface area (Å²) in [6.07, 6.45) is 1.70. The number of pyridine rings is 1. The molecular weight excluding hydrogens is 240 g/mol. The van der Waals surface area contributed by atoms with Crippen molar-refractivity contribution < 1.29 is 4.74 Å². The second-order valence-electron chi connectivity index (χ2n) is 3.33. The van der Waals surface area contributed by atoms with E-state index < -0.39 is 0 Å². The van der Waals surface area contributed by atoms with Crippen molar-refractivity contribution in [2.45, 2.75) is 13.8 Å². The van der Waals surface area contributed by atoms with Crippen molar-refractivity contribution in [1.82, 2.24) is 19.9 Å². The zero-order valence-corrected chi connectivity index (χ0v) is 10.3. The maximum atomic E-state index is 5.82. The van der Waals surface area contributed by atoms with E-state index in [-0.39, 0.29) is 11.3 Å². The Morgan fingerprint density at radius 3 is 2.82 bits per heavy atom. The lowest BCUT2D eigenvalue weighted by Crippen LogP contribution is -2.01. The fraction of sp³-hybridized carbons (Fsp3) is 0.273. The Bertz CT molecular complexity index is 533. The van der Waals surface area contributed by atoms with Gasteiger partial charge in [-0.05, 0) is 37.6 Å². The van der Waals surface area contributed by atoms with Gasteiger partial charge in [0.1, 0.15) is 0 Å². The molecule has 0 aliphatic carbocycles. The van der Waals surface area contributed by atoms with Crippen LogP contribution < -0.4 is 4.74 Å². The quantitative estimate of drug-likeness (QED) is 0.836. The lowest BCUT2D eigenvalue weighted by atomic mass is 10.2. The standard InChI is InChI=1S/C11H11ClN4O/c1-3-17-11-15-9(14-10(12)16-11)8-4-5-13-7(2)6-8/h4-6H,3H2,1-2H3. The lowest BCUT2D eigenvalue weighted by Gasteiger charge is -2.04. The van der Waals surface area contributed by atoms with Crippen molar-refractivity contribution in [2.75, 3.05) is 6.61 Å². The summed E-state index contributed by atoms with van der Waals surface area (Å²) in [5, 5.41) is 0.118. The zero-order valence-electron chi connectivity index (χ0n) is 9.51. The van der Waals surface area contributed by atoms with Crippen LogP contribution in [0.25, 0.3) is 11.4 Å². The molecule has 0 aliphatic rings. The molecule has 0 saturated carbocycles. The summed E-state index contributed by atoms with van der Waals surface area (Å²) in [5.41, 5.74) is 1.72. The van der Waals surface area contributed by atoms with Gasteiger partial charge in [-0.1, -0.05) is 0 Å². The number of nitrogens with zero attached hydrogens (tertiary/aromatic N) is 4. The fourth-order valence-electron chi connectivity index (χ4n) is 1.34. The average Bonchev–Trinajstić information content (AvgIpc) is 2.28. The lowest BCUT2D eigenvalue weighted by molar-refractivity contribution is 0.312. The molecule has 2 heterocycles. The molecule has 88 valence electrons. The predicted molar refractivity (Wildman–Crippen MR) is 64.0 cm³/mol. The number of aryl methyl sites for hydroxylation is 1. The highest BCUT2D eigenvalue weighted by molar-refractivity contribution is 6.28. The van der Waals surface area contributed by atoms with E-state index in [4.69, 9.17) is 16.3 Å². The van der Waals surface area contributed by atoms with Gasteiger partial charge < -0.3 is 4.74 Å². The van der Waals surface area contributed by atoms with Crippen LogP contribution in [0.15, 0.2) is 18.3 Å². The number of ether oxygens (including phenoxy) is 1.